The van der Waals surface area contributed by atoms with Gasteiger partial charge in [0.1, 0.15) is 0 Å². The van der Waals surface area contributed by atoms with Crippen molar-refractivity contribution in [3.63, 3.8) is 0 Å². The average molecular weight is 196 g/mol. The summed E-state index contributed by atoms with van der Waals surface area (Å²) in [6.07, 6.45) is 0. The SMILES string of the molecule is COc1ccc(C#CCCl)c(C)n1. The molecule has 0 aliphatic rings. The molecule has 1 aromatic rings. The zero-order valence-electron chi connectivity index (χ0n) is 7.60. The molecule has 0 aromatic carbocycles. The highest BCUT2D eigenvalue weighted by molar-refractivity contribution is 6.19. The van der Waals surface area contributed by atoms with E-state index in [2.05, 4.69) is 16.8 Å². The molecule has 1 heterocycles. The standard InChI is InChI=1S/C10H10ClNO/c1-8-9(4-3-7-11)5-6-10(12-8)13-2/h5-6H,7H2,1-2H3. The molecule has 0 amide bonds. The predicted molar refractivity (Wildman–Crippen MR) is 53.1 cm³/mol. The Hall–Kier alpha value is -1.20. The molecule has 0 aliphatic heterocycles. The molecule has 0 saturated heterocycles. The maximum Gasteiger partial charge on any atom is 0.213 e. The van der Waals surface area contributed by atoms with Crippen LogP contribution in [0.2, 0.25) is 0 Å². The van der Waals surface area contributed by atoms with Gasteiger partial charge in [0.2, 0.25) is 5.88 Å². The zero-order chi connectivity index (χ0) is 9.68. The lowest BCUT2D eigenvalue weighted by atomic mass is 10.2. The van der Waals surface area contributed by atoms with Gasteiger partial charge in [-0.1, -0.05) is 11.8 Å². The lowest BCUT2D eigenvalue weighted by molar-refractivity contribution is 0.397. The number of alkyl halides is 1. The van der Waals surface area contributed by atoms with Crippen molar-refractivity contribution in [1.82, 2.24) is 4.98 Å². The van der Waals surface area contributed by atoms with Gasteiger partial charge in [-0.3, -0.25) is 0 Å². The van der Waals surface area contributed by atoms with Crippen LogP contribution in [0.4, 0.5) is 0 Å². The first-order valence-corrected chi connectivity index (χ1v) is 4.38. The Bertz CT molecular complexity index is 352. The van der Waals surface area contributed by atoms with Gasteiger partial charge < -0.3 is 4.74 Å². The Morgan fingerprint density at radius 3 is 2.85 bits per heavy atom. The molecule has 2 nitrogen and oxygen atoms in total. The molecule has 13 heavy (non-hydrogen) atoms. The number of aryl methyl sites for hydroxylation is 1. The summed E-state index contributed by atoms with van der Waals surface area (Å²) >= 11 is 5.44. The van der Waals surface area contributed by atoms with Gasteiger partial charge in [0.05, 0.1) is 18.7 Å². The monoisotopic (exact) mass is 195 g/mol. The third-order valence-corrected chi connectivity index (χ3v) is 1.69. The first-order valence-electron chi connectivity index (χ1n) is 3.84. The van der Waals surface area contributed by atoms with Crippen LogP contribution in [0.25, 0.3) is 0 Å². The van der Waals surface area contributed by atoms with Crippen molar-refractivity contribution in [2.45, 2.75) is 6.92 Å². The molecule has 0 N–H and O–H groups in total. The van der Waals surface area contributed by atoms with Gasteiger partial charge in [-0.05, 0) is 13.0 Å². The minimum atomic E-state index is 0.339. The first-order chi connectivity index (χ1) is 6.27. The fourth-order valence-corrected chi connectivity index (χ4v) is 0.979. The fraction of sp³-hybridized carbons (Fsp3) is 0.300. The van der Waals surface area contributed by atoms with E-state index in [9.17, 15) is 0 Å². The van der Waals surface area contributed by atoms with Crippen molar-refractivity contribution in [1.29, 1.82) is 0 Å². The molecule has 0 aliphatic carbocycles. The van der Waals surface area contributed by atoms with Crippen molar-refractivity contribution < 1.29 is 4.74 Å². The third kappa shape index (κ3) is 2.64. The van der Waals surface area contributed by atoms with Crippen LogP contribution >= 0.6 is 11.6 Å². The minimum absolute atomic E-state index is 0.339. The summed E-state index contributed by atoms with van der Waals surface area (Å²) < 4.78 is 4.97. The van der Waals surface area contributed by atoms with Crippen LogP contribution in [0, 0.1) is 18.8 Å². The van der Waals surface area contributed by atoms with Crippen LogP contribution < -0.4 is 4.74 Å². The van der Waals surface area contributed by atoms with Gasteiger partial charge in [-0.15, -0.1) is 11.6 Å². The van der Waals surface area contributed by atoms with Crippen molar-refractivity contribution >= 4 is 11.6 Å². The van der Waals surface area contributed by atoms with E-state index in [1.165, 1.54) is 0 Å². The van der Waals surface area contributed by atoms with Crippen LogP contribution in [0.15, 0.2) is 12.1 Å². The second-order valence-electron chi connectivity index (χ2n) is 2.42. The van der Waals surface area contributed by atoms with Gasteiger partial charge in [0.25, 0.3) is 0 Å². The average Bonchev–Trinajstić information content (AvgIpc) is 2.16. The van der Waals surface area contributed by atoms with Gasteiger partial charge in [0, 0.05) is 11.6 Å². The van der Waals surface area contributed by atoms with Crippen molar-refractivity contribution in [2.75, 3.05) is 13.0 Å². The van der Waals surface area contributed by atoms with E-state index in [0.29, 0.717) is 11.8 Å². The number of halogens is 1. The quantitative estimate of drug-likeness (QED) is 0.505. The smallest absolute Gasteiger partial charge is 0.213 e. The first kappa shape index (κ1) is 9.88. The molecular weight excluding hydrogens is 186 g/mol. The fourth-order valence-electron chi connectivity index (χ4n) is 0.912. The molecule has 0 bridgehead atoms. The second kappa shape index (κ2) is 4.74. The number of hydrogen-bond donors (Lipinski definition) is 0. The number of aromatic nitrogens is 1. The van der Waals surface area contributed by atoms with Crippen LogP contribution in [0.5, 0.6) is 5.88 Å². The molecule has 0 saturated carbocycles. The summed E-state index contributed by atoms with van der Waals surface area (Å²) in [7, 11) is 1.59. The highest BCUT2D eigenvalue weighted by atomic mass is 35.5. The predicted octanol–water partition coefficient (Wildman–Crippen LogP) is 1.99. The second-order valence-corrected chi connectivity index (χ2v) is 2.69. The molecular formula is C10H10ClNO. The van der Waals surface area contributed by atoms with E-state index < -0.39 is 0 Å². The van der Waals surface area contributed by atoms with Crippen LogP contribution in [0.3, 0.4) is 0 Å². The van der Waals surface area contributed by atoms with E-state index in [0.717, 1.165) is 11.3 Å². The highest BCUT2D eigenvalue weighted by Crippen LogP contribution is 2.10. The van der Waals surface area contributed by atoms with E-state index in [-0.39, 0.29) is 0 Å². The maximum atomic E-state index is 5.44. The molecule has 1 rings (SSSR count). The largest absolute Gasteiger partial charge is 0.481 e. The number of ether oxygens (including phenoxy) is 1. The molecule has 0 spiro atoms. The molecule has 68 valence electrons. The summed E-state index contributed by atoms with van der Waals surface area (Å²) in [5.41, 5.74) is 1.75. The van der Waals surface area contributed by atoms with Gasteiger partial charge in [-0.25, -0.2) is 4.98 Å². The van der Waals surface area contributed by atoms with Crippen molar-refractivity contribution in [3.05, 3.63) is 23.4 Å². The van der Waals surface area contributed by atoms with E-state index >= 15 is 0 Å². The van der Waals surface area contributed by atoms with E-state index in [1.54, 1.807) is 13.2 Å². The van der Waals surface area contributed by atoms with Gasteiger partial charge >= 0.3 is 0 Å². The molecule has 0 unspecified atom stereocenters. The van der Waals surface area contributed by atoms with E-state index in [4.69, 9.17) is 16.3 Å². The lowest BCUT2D eigenvalue weighted by Gasteiger charge is -2.00. The maximum absolute atomic E-state index is 5.44. The Morgan fingerprint density at radius 1 is 1.54 bits per heavy atom. The molecule has 0 atom stereocenters. The summed E-state index contributed by atoms with van der Waals surface area (Å²) in [5, 5.41) is 0. The molecule has 0 fully saturated rings. The van der Waals surface area contributed by atoms with Gasteiger partial charge in [0.15, 0.2) is 0 Å². The van der Waals surface area contributed by atoms with Crippen LogP contribution in [-0.2, 0) is 0 Å². The Balaban J connectivity index is 2.98. The summed E-state index contributed by atoms with van der Waals surface area (Å²) in [6, 6.07) is 3.66. The van der Waals surface area contributed by atoms with E-state index in [1.807, 2.05) is 13.0 Å². The summed E-state index contributed by atoms with van der Waals surface area (Å²) in [5.74, 6) is 6.64. The molecule has 0 radical (unpaired) electrons. The zero-order valence-corrected chi connectivity index (χ0v) is 8.35. The minimum Gasteiger partial charge on any atom is -0.481 e. The number of rotatable bonds is 1. The topological polar surface area (TPSA) is 22.1 Å². The van der Waals surface area contributed by atoms with Crippen LogP contribution in [0.1, 0.15) is 11.3 Å². The third-order valence-electron chi connectivity index (χ3n) is 1.56. The molecule has 1 aromatic heterocycles. The number of methoxy groups -OCH3 is 1. The summed E-state index contributed by atoms with van der Waals surface area (Å²) in [6.45, 7) is 1.89. The lowest BCUT2D eigenvalue weighted by Crippen LogP contribution is -1.92. The number of pyridine rings is 1. The number of nitrogens with zero attached hydrogens (tertiary/aromatic N) is 1. The van der Waals surface area contributed by atoms with Crippen molar-refractivity contribution in [3.8, 4) is 17.7 Å². The number of hydrogen-bond acceptors (Lipinski definition) is 2. The normalized spacial score (nSPS) is 8.85. The Kier molecular flexibility index (Phi) is 3.60. The van der Waals surface area contributed by atoms with Gasteiger partial charge in [-0.2, -0.15) is 0 Å². The Labute approximate surface area is 82.9 Å². The highest BCUT2D eigenvalue weighted by Gasteiger charge is 1.97. The summed E-state index contributed by atoms with van der Waals surface area (Å²) in [4.78, 5) is 4.18. The Morgan fingerprint density at radius 2 is 2.31 bits per heavy atom. The van der Waals surface area contributed by atoms with Crippen LogP contribution in [-0.4, -0.2) is 18.0 Å². The molecule has 3 heteroatoms. The van der Waals surface area contributed by atoms with Crippen molar-refractivity contribution in [2.24, 2.45) is 0 Å².